The Hall–Kier alpha value is -3.17. The highest BCUT2D eigenvalue weighted by Crippen LogP contribution is 2.36. The number of carbonyl (C=O) groups is 2. The fourth-order valence-corrected chi connectivity index (χ4v) is 3.62. The first-order valence-corrected chi connectivity index (χ1v) is 9.08. The van der Waals surface area contributed by atoms with E-state index in [4.69, 9.17) is 21.1 Å². The summed E-state index contributed by atoms with van der Waals surface area (Å²) in [6, 6.07) is 8.67. The summed E-state index contributed by atoms with van der Waals surface area (Å²) in [6.45, 7) is 1.56. The van der Waals surface area contributed by atoms with E-state index in [1.807, 2.05) is 0 Å². The van der Waals surface area contributed by atoms with Gasteiger partial charge in [-0.3, -0.25) is 19.8 Å². The average Bonchev–Trinajstić information content (AvgIpc) is 2.92. The molecule has 1 N–H and O–H groups in total. The van der Waals surface area contributed by atoms with Crippen LogP contribution in [0.25, 0.3) is 0 Å². The molecule has 0 bridgehead atoms. The second-order valence-electron chi connectivity index (χ2n) is 6.91. The SMILES string of the molecule is C[C@]1(c2ccc(Cl)cc2)NC(=O)N(Cc2cc([N+](=O)[O-])cc3c2OCOC3)C1=O. The van der Waals surface area contributed by atoms with Crippen LogP contribution in [0.1, 0.15) is 23.6 Å². The number of ether oxygens (including phenoxy) is 2. The molecule has 0 aliphatic carbocycles. The van der Waals surface area contributed by atoms with Crippen LogP contribution in [0.3, 0.4) is 0 Å². The molecule has 2 aromatic carbocycles. The van der Waals surface area contributed by atoms with Crippen LogP contribution in [0.5, 0.6) is 5.75 Å². The Morgan fingerprint density at radius 3 is 2.69 bits per heavy atom. The molecule has 0 unspecified atom stereocenters. The smallest absolute Gasteiger partial charge is 0.325 e. The third-order valence-corrected chi connectivity index (χ3v) is 5.26. The summed E-state index contributed by atoms with van der Waals surface area (Å²) in [5, 5.41) is 14.5. The van der Waals surface area contributed by atoms with Crippen LogP contribution in [0.4, 0.5) is 10.5 Å². The van der Waals surface area contributed by atoms with E-state index in [9.17, 15) is 19.7 Å². The summed E-state index contributed by atoms with van der Waals surface area (Å²) >= 11 is 5.91. The van der Waals surface area contributed by atoms with Crippen molar-refractivity contribution >= 4 is 29.2 Å². The van der Waals surface area contributed by atoms with Gasteiger partial charge in [0.1, 0.15) is 11.3 Å². The number of benzene rings is 2. The molecule has 9 nitrogen and oxygen atoms in total. The van der Waals surface area contributed by atoms with E-state index in [0.29, 0.717) is 27.5 Å². The lowest BCUT2D eigenvalue weighted by Gasteiger charge is -2.24. The molecule has 0 aromatic heterocycles. The fraction of sp³-hybridized carbons (Fsp3) is 0.263. The lowest BCUT2D eigenvalue weighted by atomic mass is 9.92. The number of nitrogens with one attached hydrogen (secondary N) is 1. The topological polar surface area (TPSA) is 111 Å². The highest BCUT2D eigenvalue weighted by atomic mass is 35.5. The number of nitrogens with zero attached hydrogens (tertiary/aromatic N) is 2. The van der Waals surface area contributed by atoms with Gasteiger partial charge in [0.05, 0.1) is 18.1 Å². The van der Waals surface area contributed by atoms with E-state index in [-0.39, 0.29) is 25.6 Å². The van der Waals surface area contributed by atoms with Gasteiger partial charge in [0.25, 0.3) is 11.6 Å². The molecule has 2 aromatic rings. The minimum Gasteiger partial charge on any atom is -0.467 e. The molecule has 2 heterocycles. The number of hydrogen-bond donors (Lipinski definition) is 1. The Balaban J connectivity index is 1.69. The summed E-state index contributed by atoms with van der Waals surface area (Å²) < 4.78 is 10.7. The molecule has 1 saturated heterocycles. The van der Waals surface area contributed by atoms with Crippen molar-refractivity contribution in [1.82, 2.24) is 10.2 Å². The van der Waals surface area contributed by atoms with E-state index >= 15 is 0 Å². The highest BCUT2D eigenvalue weighted by molar-refractivity contribution is 6.30. The number of rotatable bonds is 4. The molecule has 2 aliphatic rings. The first-order chi connectivity index (χ1) is 13.8. The first kappa shape index (κ1) is 19.2. The van der Waals surface area contributed by atoms with Gasteiger partial charge >= 0.3 is 6.03 Å². The molecule has 150 valence electrons. The van der Waals surface area contributed by atoms with Gasteiger partial charge in [-0.1, -0.05) is 23.7 Å². The van der Waals surface area contributed by atoms with Gasteiger partial charge in [0.2, 0.25) is 0 Å². The molecule has 2 aliphatic heterocycles. The van der Waals surface area contributed by atoms with E-state index in [2.05, 4.69) is 5.32 Å². The zero-order chi connectivity index (χ0) is 20.8. The van der Waals surface area contributed by atoms with Crippen LogP contribution in [-0.2, 0) is 28.2 Å². The monoisotopic (exact) mass is 417 g/mol. The third-order valence-electron chi connectivity index (χ3n) is 5.01. The molecule has 3 amide bonds. The van der Waals surface area contributed by atoms with E-state index in [1.54, 1.807) is 31.2 Å². The molecule has 10 heteroatoms. The van der Waals surface area contributed by atoms with Gasteiger partial charge in [-0.25, -0.2) is 4.79 Å². The largest absolute Gasteiger partial charge is 0.467 e. The van der Waals surface area contributed by atoms with Gasteiger partial charge in [-0.2, -0.15) is 0 Å². The minimum absolute atomic E-state index is 0.0134. The summed E-state index contributed by atoms with van der Waals surface area (Å²) in [6.07, 6.45) is 0. The van der Waals surface area contributed by atoms with Gasteiger partial charge in [-0.15, -0.1) is 0 Å². The standard InChI is InChI=1S/C19H16ClN3O6/c1-19(13-2-4-14(20)5-3-13)17(24)22(18(25)21-19)8-11-6-15(23(26)27)7-12-9-28-10-29-16(11)12/h2-7H,8-10H2,1H3,(H,21,25)/t19-/m1/s1. The van der Waals surface area contributed by atoms with E-state index in [1.165, 1.54) is 12.1 Å². The molecule has 0 saturated carbocycles. The number of halogens is 1. The van der Waals surface area contributed by atoms with E-state index in [0.717, 1.165) is 4.90 Å². The lowest BCUT2D eigenvalue weighted by Crippen LogP contribution is -2.40. The molecular formula is C19H16ClN3O6. The number of urea groups is 1. The summed E-state index contributed by atoms with van der Waals surface area (Å²) in [5.41, 5.74) is -0.00460. The molecule has 0 spiro atoms. The van der Waals surface area contributed by atoms with Crippen LogP contribution in [0.2, 0.25) is 5.02 Å². The number of fused-ring (bicyclic) bond motifs is 1. The number of hydrogen-bond acceptors (Lipinski definition) is 6. The Morgan fingerprint density at radius 1 is 1.28 bits per heavy atom. The van der Waals surface area contributed by atoms with Crippen LogP contribution < -0.4 is 10.1 Å². The van der Waals surface area contributed by atoms with Gasteiger partial charge in [0.15, 0.2) is 6.79 Å². The maximum atomic E-state index is 13.1. The molecule has 1 fully saturated rings. The minimum atomic E-state index is -1.27. The van der Waals surface area contributed by atoms with Crippen molar-refractivity contribution in [2.24, 2.45) is 0 Å². The Morgan fingerprint density at radius 2 is 2.00 bits per heavy atom. The van der Waals surface area contributed by atoms with Crippen molar-refractivity contribution in [3.63, 3.8) is 0 Å². The van der Waals surface area contributed by atoms with Crippen molar-refractivity contribution in [2.75, 3.05) is 6.79 Å². The second kappa shape index (κ2) is 7.02. The number of nitro benzene ring substituents is 1. The molecule has 0 radical (unpaired) electrons. The summed E-state index contributed by atoms with van der Waals surface area (Å²) in [5.74, 6) is -0.0836. The normalized spacial score (nSPS) is 20.8. The number of carbonyl (C=O) groups excluding carboxylic acids is 2. The maximum Gasteiger partial charge on any atom is 0.325 e. The van der Waals surface area contributed by atoms with E-state index < -0.39 is 22.4 Å². The van der Waals surface area contributed by atoms with Crippen LogP contribution >= 0.6 is 11.6 Å². The second-order valence-corrected chi connectivity index (χ2v) is 7.35. The maximum absolute atomic E-state index is 13.1. The summed E-state index contributed by atoms with van der Waals surface area (Å²) in [4.78, 5) is 37.5. The number of amides is 3. The zero-order valence-electron chi connectivity index (χ0n) is 15.3. The Kier molecular flexibility index (Phi) is 4.64. The van der Waals surface area contributed by atoms with Gasteiger partial charge in [0, 0.05) is 28.3 Å². The fourth-order valence-electron chi connectivity index (χ4n) is 3.49. The van der Waals surface area contributed by atoms with Crippen LogP contribution in [0, 0.1) is 10.1 Å². The van der Waals surface area contributed by atoms with Gasteiger partial charge < -0.3 is 14.8 Å². The predicted molar refractivity (Wildman–Crippen MR) is 101 cm³/mol. The molecule has 1 atom stereocenters. The van der Waals surface area contributed by atoms with Crippen LogP contribution in [-0.4, -0.2) is 28.6 Å². The van der Waals surface area contributed by atoms with Crippen molar-refractivity contribution in [3.05, 3.63) is 68.2 Å². The Bertz CT molecular complexity index is 1030. The van der Waals surface area contributed by atoms with Crippen molar-refractivity contribution in [1.29, 1.82) is 0 Å². The van der Waals surface area contributed by atoms with Crippen molar-refractivity contribution < 1.29 is 24.0 Å². The first-order valence-electron chi connectivity index (χ1n) is 8.70. The number of imide groups is 1. The van der Waals surface area contributed by atoms with Crippen molar-refractivity contribution in [3.8, 4) is 5.75 Å². The third kappa shape index (κ3) is 3.28. The molecular weight excluding hydrogens is 402 g/mol. The van der Waals surface area contributed by atoms with Crippen molar-refractivity contribution in [2.45, 2.75) is 25.6 Å². The zero-order valence-corrected chi connectivity index (χ0v) is 16.1. The summed E-state index contributed by atoms with van der Waals surface area (Å²) in [7, 11) is 0. The number of non-ortho nitro benzene ring substituents is 1. The molecule has 4 rings (SSSR count). The molecule has 29 heavy (non-hydrogen) atoms. The quantitative estimate of drug-likeness (QED) is 0.465. The van der Waals surface area contributed by atoms with Crippen LogP contribution in [0.15, 0.2) is 36.4 Å². The average molecular weight is 418 g/mol. The predicted octanol–water partition coefficient (Wildman–Crippen LogP) is 3.08. The highest BCUT2D eigenvalue weighted by Gasteiger charge is 2.49. The Labute approximate surface area is 170 Å². The lowest BCUT2D eigenvalue weighted by molar-refractivity contribution is -0.385. The van der Waals surface area contributed by atoms with Gasteiger partial charge in [-0.05, 0) is 24.6 Å². The number of nitro groups is 1.